The fourth-order valence-electron chi connectivity index (χ4n) is 2.27. The Morgan fingerprint density at radius 2 is 2.05 bits per heavy atom. The van der Waals surface area contributed by atoms with Crippen LogP contribution in [0.15, 0.2) is 6.07 Å². The van der Waals surface area contributed by atoms with Crippen LogP contribution in [0, 0.1) is 13.8 Å². The van der Waals surface area contributed by atoms with Crippen molar-refractivity contribution in [3.05, 3.63) is 21.4 Å². The van der Waals surface area contributed by atoms with Crippen LogP contribution in [0.1, 0.15) is 35.6 Å². The first kappa shape index (κ1) is 14.1. The molecule has 0 saturated carbocycles. The standard InChI is InChI=1S/C14H20N2O2S/c1-5-12-14(18)16(9(3)13(17)15-12)7-11-6-8(2)10(4)19-11/h6,9,12H,5,7H2,1-4H3,(H,15,17). The summed E-state index contributed by atoms with van der Waals surface area (Å²) in [5.74, 6) is -0.0326. The normalized spacial score (nSPS) is 23.7. The Morgan fingerprint density at radius 1 is 1.37 bits per heavy atom. The van der Waals surface area contributed by atoms with E-state index in [1.807, 2.05) is 6.92 Å². The third kappa shape index (κ3) is 2.66. The van der Waals surface area contributed by atoms with E-state index in [2.05, 4.69) is 25.2 Å². The van der Waals surface area contributed by atoms with Crippen LogP contribution in [0.5, 0.6) is 0 Å². The Labute approximate surface area is 117 Å². The molecule has 0 radical (unpaired) electrons. The molecule has 104 valence electrons. The van der Waals surface area contributed by atoms with Crippen molar-refractivity contribution < 1.29 is 9.59 Å². The lowest BCUT2D eigenvalue weighted by atomic mass is 10.1. The highest BCUT2D eigenvalue weighted by Crippen LogP contribution is 2.24. The number of thiophene rings is 1. The van der Waals surface area contributed by atoms with Crippen molar-refractivity contribution in [2.24, 2.45) is 0 Å². The second-order valence-corrected chi connectivity index (χ2v) is 6.40. The highest BCUT2D eigenvalue weighted by Gasteiger charge is 2.37. The van der Waals surface area contributed by atoms with Gasteiger partial charge in [0.05, 0.1) is 6.54 Å². The molecule has 2 amide bonds. The van der Waals surface area contributed by atoms with Gasteiger partial charge in [0, 0.05) is 9.75 Å². The average molecular weight is 280 g/mol. The van der Waals surface area contributed by atoms with Crippen molar-refractivity contribution in [1.82, 2.24) is 10.2 Å². The minimum Gasteiger partial charge on any atom is -0.343 e. The lowest BCUT2D eigenvalue weighted by Crippen LogP contribution is -2.61. The molecule has 5 heteroatoms. The first-order valence-electron chi connectivity index (χ1n) is 6.60. The first-order valence-corrected chi connectivity index (χ1v) is 7.42. The van der Waals surface area contributed by atoms with Crippen molar-refractivity contribution in [2.45, 2.75) is 52.7 Å². The third-order valence-corrected chi connectivity index (χ3v) is 4.83. The van der Waals surface area contributed by atoms with E-state index in [-0.39, 0.29) is 17.9 Å². The zero-order chi connectivity index (χ0) is 14.2. The van der Waals surface area contributed by atoms with E-state index in [4.69, 9.17) is 0 Å². The van der Waals surface area contributed by atoms with Crippen LogP contribution in [0.25, 0.3) is 0 Å². The predicted molar refractivity (Wildman–Crippen MR) is 76.0 cm³/mol. The number of piperazine rings is 1. The smallest absolute Gasteiger partial charge is 0.246 e. The summed E-state index contributed by atoms with van der Waals surface area (Å²) in [6.07, 6.45) is 0.635. The number of nitrogens with one attached hydrogen (secondary N) is 1. The van der Waals surface area contributed by atoms with Crippen molar-refractivity contribution in [3.63, 3.8) is 0 Å². The molecule has 1 aromatic rings. The van der Waals surface area contributed by atoms with E-state index in [1.165, 1.54) is 10.4 Å². The predicted octanol–water partition coefficient (Wildman–Crippen LogP) is 1.99. The molecule has 0 aromatic carbocycles. The summed E-state index contributed by atoms with van der Waals surface area (Å²) in [5, 5.41) is 2.77. The third-order valence-electron chi connectivity index (χ3n) is 3.70. The first-order chi connectivity index (χ1) is 8.93. The van der Waals surface area contributed by atoms with Crippen molar-refractivity contribution in [3.8, 4) is 0 Å². The molecule has 1 saturated heterocycles. The molecule has 0 aliphatic carbocycles. The number of amides is 2. The number of hydrogen-bond acceptors (Lipinski definition) is 3. The minimum absolute atomic E-state index is 0.0262. The van der Waals surface area contributed by atoms with E-state index in [9.17, 15) is 9.59 Å². The molecule has 0 bridgehead atoms. The molecule has 0 spiro atoms. The van der Waals surface area contributed by atoms with Gasteiger partial charge in [0.2, 0.25) is 11.8 Å². The molecule has 2 atom stereocenters. The van der Waals surface area contributed by atoms with E-state index in [0.29, 0.717) is 13.0 Å². The maximum atomic E-state index is 12.3. The molecule has 2 unspecified atom stereocenters. The summed E-state index contributed by atoms with van der Waals surface area (Å²) >= 11 is 1.70. The van der Waals surface area contributed by atoms with Crippen LogP contribution in [-0.2, 0) is 16.1 Å². The van der Waals surface area contributed by atoms with Crippen LogP contribution >= 0.6 is 11.3 Å². The number of hydrogen-bond donors (Lipinski definition) is 1. The van der Waals surface area contributed by atoms with E-state index in [1.54, 1.807) is 23.2 Å². The largest absolute Gasteiger partial charge is 0.343 e. The van der Waals surface area contributed by atoms with E-state index >= 15 is 0 Å². The zero-order valence-electron chi connectivity index (χ0n) is 11.8. The second kappa shape index (κ2) is 5.33. The van der Waals surface area contributed by atoms with Gasteiger partial charge in [-0.15, -0.1) is 11.3 Å². The quantitative estimate of drug-likeness (QED) is 0.920. The summed E-state index contributed by atoms with van der Waals surface area (Å²) in [5.41, 5.74) is 1.24. The second-order valence-electron chi connectivity index (χ2n) is 5.06. The number of nitrogens with zero attached hydrogens (tertiary/aromatic N) is 1. The molecule has 1 aromatic heterocycles. The van der Waals surface area contributed by atoms with Gasteiger partial charge in [-0.1, -0.05) is 6.92 Å². The molecule has 4 nitrogen and oxygen atoms in total. The van der Waals surface area contributed by atoms with E-state index < -0.39 is 6.04 Å². The number of carbonyl (C=O) groups is 2. The molecular weight excluding hydrogens is 260 g/mol. The summed E-state index contributed by atoms with van der Waals surface area (Å²) < 4.78 is 0. The van der Waals surface area contributed by atoms with Gasteiger partial charge in [0.25, 0.3) is 0 Å². The Kier molecular flexibility index (Phi) is 3.94. The highest BCUT2D eigenvalue weighted by atomic mass is 32.1. The molecular formula is C14H20N2O2S. The van der Waals surface area contributed by atoms with Gasteiger partial charge in [-0.25, -0.2) is 0 Å². The van der Waals surface area contributed by atoms with Crippen molar-refractivity contribution >= 4 is 23.2 Å². The fraction of sp³-hybridized carbons (Fsp3) is 0.571. The summed E-state index contributed by atoms with van der Waals surface area (Å²) in [7, 11) is 0. The molecule has 1 aliphatic heterocycles. The van der Waals surface area contributed by atoms with Crippen molar-refractivity contribution in [2.75, 3.05) is 0 Å². The Balaban J connectivity index is 2.20. The molecule has 1 N–H and O–H groups in total. The van der Waals surface area contributed by atoms with Gasteiger partial charge in [-0.3, -0.25) is 9.59 Å². The Hall–Kier alpha value is -1.36. The lowest BCUT2D eigenvalue weighted by molar-refractivity contribution is -0.149. The van der Waals surface area contributed by atoms with Gasteiger partial charge in [0.15, 0.2) is 0 Å². The number of aryl methyl sites for hydroxylation is 2. The molecule has 2 rings (SSSR count). The molecule has 1 aliphatic rings. The average Bonchev–Trinajstić information content (AvgIpc) is 2.68. The highest BCUT2D eigenvalue weighted by molar-refractivity contribution is 7.12. The summed E-state index contributed by atoms with van der Waals surface area (Å²) in [6, 6.07) is 1.34. The fourth-order valence-corrected chi connectivity index (χ4v) is 3.33. The summed E-state index contributed by atoms with van der Waals surface area (Å²) in [4.78, 5) is 28.3. The van der Waals surface area contributed by atoms with Gasteiger partial charge in [-0.05, 0) is 38.8 Å². The van der Waals surface area contributed by atoms with Gasteiger partial charge in [0.1, 0.15) is 12.1 Å². The maximum absolute atomic E-state index is 12.3. The van der Waals surface area contributed by atoms with Crippen LogP contribution in [0.3, 0.4) is 0 Å². The van der Waals surface area contributed by atoms with Crippen LogP contribution in [0.2, 0.25) is 0 Å². The SMILES string of the molecule is CCC1NC(=O)C(C)N(Cc2cc(C)c(C)s2)C1=O. The molecule has 19 heavy (non-hydrogen) atoms. The minimum atomic E-state index is -0.391. The molecule has 2 heterocycles. The lowest BCUT2D eigenvalue weighted by Gasteiger charge is -2.36. The van der Waals surface area contributed by atoms with Crippen LogP contribution in [0.4, 0.5) is 0 Å². The van der Waals surface area contributed by atoms with Crippen LogP contribution < -0.4 is 5.32 Å². The zero-order valence-corrected chi connectivity index (χ0v) is 12.6. The van der Waals surface area contributed by atoms with E-state index in [0.717, 1.165) is 4.88 Å². The topological polar surface area (TPSA) is 49.4 Å². The van der Waals surface area contributed by atoms with Gasteiger partial charge >= 0.3 is 0 Å². The Morgan fingerprint density at radius 3 is 2.58 bits per heavy atom. The molecule has 1 fully saturated rings. The maximum Gasteiger partial charge on any atom is 0.246 e. The number of rotatable bonds is 3. The van der Waals surface area contributed by atoms with Crippen molar-refractivity contribution in [1.29, 1.82) is 0 Å². The summed E-state index contributed by atoms with van der Waals surface area (Å²) in [6.45, 7) is 8.37. The van der Waals surface area contributed by atoms with Gasteiger partial charge < -0.3 is 10.2 Å². The number of carbonyl (C=O) groups excluding carboxylic acids is 2. The Bertz CT molecular complexity index is 490. The van der Waals surface area contributed by atoms with Crippen LogP contribution in [-0.4, -0.2) is 28.8 Å². The monoisotopic (exact) mass is 280 g/mol. The van der Waals surface area contributed by atoms with Gasteiger partial charge in [-0.2, -0.15) is 0 Å².